The molecule has 0 saturated carbocycles. The summed E-state index contributed by atoms with van der Waals surface area (Å²) in [6.07, 6.45) is 3.35. The van der Waals surface area contributed by atoms with E-state index in [1.807, 2.05) is 0 Å². The molecule has 0 spiro atoms. The Kier molecular flexibility index (Phi) is 4.16. The Bertz CT molecular complexity index is 188. The first-order valence-corrected chi connectivity index (χ1v) is 2.57. The molecule has 0 rings (SSSR count). The van der Waals surface area contributed by atoms with Gasteiger partial charge in [-0.2, -0.15) is 0 Å². The van der Waals surface area contributed by atoms with Crippen LogP contribution in [-0.4, -0.2) is 6.72 Å². The van der Waals surface area contributed by atoms with Crippen LogP contribution in [0.1, 0.15) is 6.92 Å². The number of rotatable bonds is 2. The second kappa shape index (κ2) is 4.86. The van der Waals surface area contributed by atoms with Crippen LogP contribution in [0.25, 0.3) is 0 Å². The van der Waals surface area contributed by atoms with E-state index in [9.17, 15) is 0 Å². The largest absolute Gasteiger partial charge is 0.256 e. The van der Waals surface area contributed by atoms with Crippen LogP contribution < -0.4 is 0 Å². The van der Waals surface area contributed by atoms with Crippen LogP contribution in [0.4, 0.5) is 0 Å². The summed E-state index contributed by atoms with van der Waals surface area (Å²) >= 11 is 0. The minimum Gasteiger partial charge on any atom is -0.256 e. The predicted octanol–water partition coefficient (Wildman–Crippen LogP) is 1.78. The van der Waals surface area contributed by atoms with Crippen molar-refractivity contribution in [2.45, 2.75) is 6.92 Å². The van der Waals surface area contributed by atoms with Crippen LogP contribution in [0.2, 0.25) is 0 Å². The van der Waals surface area contributed by atoms with E-state index >= 15 is 0 Å². The van der Waals surface area contributed by atoms with Gasteiger partial charge in [-0.05, 0) is 25.6 Å². The Morgan fingerprint density at radius 3 is 2.67 bits per heavy atom. The average molecular weight is 119 g/mol. The summed E-state index contributed by atoms with van der Waals surface area (Å²) in [7, 11) is 0. The van der Waals surface area contributed by atoms with Crippen molar-refractivity contribution < 1.29 is 0 Å². The Balaban J connectivity index is 4.26. The van der Waals surface area contributed by atoms with Gasteiger partial charge in [-0.3, -0.25) is 4.99 Å². The summed E-state index contributed by atoms with van der Waals surface area (Å²) in [5.41, 5.74) is 0.660. The van der Waals surface area contributed by atoms with E-state index in [1.165, 1.54) is 0 Å². The number of hydrogen-bond donors (Lipinski definition) is 0. The van der Waals surface area contributed by atoms with E-state index in [-0.39, 0.29) is 0 Å². The van der Waals surface area contributed by atoms with Crippen molar-refractivity contribution in [2.24, 2.45) is 4.99 Å². The SMILES string of the molecule is C=C/C=C(/C#CC)N=C. The van der Waals surface area contributed by atoms with E-state index in [1.54, 1.807) is 19.1 Å². The fraction of sp³-hybridized carbons (Fsp3) is 0.125. The summed E-state index contributed by atoms with van der Waals surface area (Å²) in [6.45, 7) is 8.58. The minimum atomic E-state index is 0.660. The molecule has 0 N–H and O–H groups in total. The van der Waals surface area contributed by atoms with Crippen molar-refractivity contribution in [3.8, 4) is 11.8 Å². The number of hydrogen-bond acceptors (Lipinski definition) is 1. The first-order chi connectivity index (χ1) is 4.35. The van der Waals surface area contributed by atoms with Gasteiger partial charge in [0.25, 0.3) is 0 Å². The number of nitrogens with zero attached hydrogens (tertiary/aromatic N) is 1. The fourth-order valence-electron chi connectivity index (χ4n) is 0.374. The van der Waals surface area contributed by atoms with Crippen molar-refractivity contribution in [3.05, 3.63) is 24.4 Å². The molecule has 1 nitrogen and oxygen atoms in total. The Morgan fingerprint density at radius 1 is 1.67 bits per heavy atom. The van der Waals surface area contributed by atoms with Crippen molar-refractivity contribution in [1.29, 1.82) is 0 Å². The highest BCUT2D eigenvalue weighted by Gasteiger charge is 1.77. The molecule has 0 fully saturated rings. The molecule has 0 saturated heterocycles. The molecule has 0 aliphatic rings. The van der Waals surface area contributed by atoms with E-state index in [2.05, 4.69) is 30.1 Å². The molecule has 0 aliphatic carbocycles. The van der Waals surface area contributed by atoms with Crippen LogP contribution in [0.15, 0.2) is 29.4 Å². The third-order valence-electron chi connectivity index (χ3n) is 0.699. The predicted molar refractivity (Wildman–Crippen MR) is 41.3 cm³/mol. The zero-order valence-corrected chi connectivity index (χ0v) is 5.52. The normalized spacial score (nSPS) is 9.22. The molecule has 0 unspecified atom stereocenters. The molecule has 0 atom stereocenters. The number of allylic oxidation sites excluding steroid dienone is 3. The molecule has 0 heterocycles. The molecule has 0 aromatic carbocycles. The van der Waals surface area contributed by atoms with Crippen LogP contribution in [-0.2, 0) is 0 Å². The Hall–Kier alpha value is -1.29. The lowest BCUT2D eigenvalue weighted by Crippen LogP contribution is -1.67. The van der Waals surface area contributed by atoms with Gasteiger partial charge in [0.15, 0.2) is 0 Å². The highest BCUT2D eigenvalue weighted by Crippen LogP contribution is 1.91. The monoisotopic (exact) mass is 119 g/mol. The summed E-state index contributed by atoms with van der Waals surface area (Å²) in [5, 5.41) is 0. The molecule has 1 heteroatoms. The van der Waals surface area contributed by atoms with Gasteiger partial charge in [-0.25, -0.2) is 0 Å². The molecular formula is C8H9N. The lowest BCUT2D eigenvalue weighted by Gasteiger charge is -1.81. The van der Waals surface area contributed by atoms with Crippen LogP contribution in [0.3, 0.4) is 0 Å². The van der Waals surface area contributed by atoms with Crippen LogP contribution in [0, 0.1) is 11.8 Å². The topological polar surface area (TPSA) is 12.4 Å². The molecule has 9 heavy (non-hydrogen) atoms. The lowest BCUT2D eigenvalue weighted by molar-refractivity contribution is 1.48. The number of aliphatic imine (C=N–C) groups is 1. The maximum Gasteiger partial charge on any atom is 0.112 e. The van der Waals surface area contributed by atoms with Gasteiger partial charge < -0.3 is 0 Å². The third kappa shape index (κ3) is 3.31. The summed E-state index contributed by atoms with van der Waals surface area (Å²) in [6, 6.07) is 0. The lowest BCUT2D eigenvalue weighted by atomic mass is 10.4. The summed E-state index contributed by atoms with van der Waals surface area (Å²) in [5.74, 6) is 5.45. The summed E-state index contributed by atoms with van der Waals surface area (Å²) < 4.78 is 0. The van der Waals surface area contributed by atoms with E-state index in [0.717, 1.165) is 0 Å². The summed E-state index contributed by atoms with van der Waals surface area (Å²) in [4.78, 5) is 3.63. The molecule has 46 valence electrons. The first kappa shape index (κ1) is 7.71. The third-order valence-corrected chi connectivity index (χ3v) is 0.699. The van der Waals surface area contributed by atoms with Crippen molar-refractivity contribution in [2.75, 3.05) is 0 Å². The van der Waals surface area contributed by atoms with Gasteiger partial charge in [-0.15, -0.1) is 0 Å². The maximum atomic E-state index is 3.63. The molecular weight excluding hydrogens is 110 g/mol. The van der Waals surface area contributed by atoms with Crippen molar-refractivity contribution >= 4 is 6.72 Å². The highest BCUT2D eigenvalue weighted by molar-refractivity contribution is 5.38. The Labute approximate surface area is 55.8 Å². The second-order valence-electron chi connectivity index (χ2n) is 1.32. The zero-order valence-electron chi connectivity index (χ0n) is 5.52. The van der Waals surface area contributed by atoms with Crippen LogP contribution in [0.5, 0.6) is 0 Å². The molecule has 0 bridgehead atoms. The van der Waals surface area contributed by atoms with Crippen LogP contribution >= 0.6 is 0 Å². The maximum absolute atomic E-state index is 3.63. The molecule has 0 amide bonds. The second-order valence-corrected chi connectivity index (χ2v) is 1.32. The van der Waals surface area contributed by atoms with Gasteiger partial charge in [-0.1, -0.05) is 18.6 Å². The quantitative estimate of drug-likeness (QED) is 0.298. The smallest absolute Gasteiger partial charge is 0.112 e. The van der Waals surface area contributed by atoms with Crippen molar-refractivity contribution in [3.63, 3.8) is 0 Å². The van der Waals surface area contributed by atoms with E-state index in [0.29, 0.717) is 5.70 Å². The van der Waals surface area contributed by atoms with Gasteiger partial charge in [0.2, 0.25) is 0 Å². The molecule has 0 aromatic heterocycles. The standard InChI is InChI=1S/C8H9N/c1-4-6-8(9-3)7-5-2/h4,6H,1,3H2,2H3/b8-6-. The fourth-order valence-corrected chi connectivity index (χ4v) is 0.374. The molecule has 0 aromatic rings. The minimum absolute atomic E-state index is 0.660. The zero-order chi connectivity index (χ0) is 7.11. The first-order valence-electron chi connectivity index (χ1n) is 2.57. The highest BCUT2D eigenvalue weighted by atomic mass is 14.7. The van der Waals surface area contributed by atoms with Gasteiger partial charge >= 0.3 is 0 Å². The van der Waals surface area contributed by atoms with Gasteiger partial charge in [0, 0.05) is 0 Å². The molecule has 0 radical (unpaired) electrons. The average Bonchev–Trinajstić information content (AvgIpc) is 1.88. The van der Waals surface area contributed by atoms with E-state index in [4.69, 9.17) is 0 Å². The van der Waals surface area contributed by atoms with E-state index < -0.39 is 0 Å². The Morgan fingerprint density at radius 2 is 2.33 bits per heavy atom. The molecule has 0 aliphatic heterocycles. The van der Waals surface area contributed by atoms with Gasteiger partial charge in [0.1, 0.15) is 5.70 Å². The van der Waals surface area contributed by atoms with Crippen molar-refractivity contribution in [1.82, 2.24) is 0 Å². The van der Waals surface area contributed by atoms with Gasteiger partial charge in [0.05, 0.1) is 0 Å².